The SMILES string of the molecule is COC(=O)NCC(=O)N1[C@@H](C)CC[C@H]1c1ncc(-c2ccc(-c3ccc4cc(-c5cnc[nH]5)ccc4c3)cc2)[nH]1. The zero-order valence-electron chi connectivity index (χ0n) is 22.3. The first kappa shape index (κ1) is 25.4. The molecule has 1 aliphatic heterocycles. The Hall–Kier alpha value is -4.92. The molecule has 2 aromatic heterocycles. The molecule has 0 aliphatic carbocycles. The zero-order chi connectivity index (χ0) is 27.6. The Morgan fingerprint density at radius 2 is 1.62 bits per heavy atom. The van der Waals surface area contributed by atoms with Crippen LogP contribution in [-0.2, 0) is 9.53 Å². The summed E-state index contributed by atoms with van der Waals surface area (Å²) in [7, 11) is 1.28. The number of amides is 2. The van der Waals surface area contributed by atoms with Crippen LogP contribution in [0.4, 0.5) is 4.79 Å². The van der Waals surface area contributed by atoms with Gasteiger partial charge in [0.1, 0.15) is 12.4 Å². The third-order valence-electron chi connectivity index (χ3n) is 7.62. The van der Waals surface area contributed by atoms with Crippen LogP contribution in [0.1, 0.15) is 31.6 Å². The number of methoxy groups -OCH3 is 1. The van der Waals surface area contributed by atoms with E-state index in [9.17, 15) is 9.59 Å². The number of ether oxygens (including phenoxy) is 1. The van der Waals surface area contributed by atoms with Crippen molar-refractivity contribution in [1.82, 2.24) is 30.2 Å². The van der Waals surface area contributed by atoms with Gasteiger partial charge in [0.05, 0.1) is 43.3 Å². The van der Waals surface area contributed by atoms with E-state index in [1.165, 1.54) is 17.9 Å². The summed E-state index contributed by atoms with van der Waals surface area (Å²) in [5.74, 6) is 0.592. The molecular formula is C31H30N6O3. The number of aromatic amines is 2. The third kappa shape index (κ3) is 4.93. The topological polar surface area (TPSA) is 116 Å². The minimum atomic E-state index is -0.622. The van der Waals surface area contributed by atoms with E-state index in [-0.39, 0.29) is 24.5 Å². The Labute approximate surface area is 231 Å². The summed E-state index contributed by atoms with van der Waals surface area (Å²) in [6.07, 6.45) is 6.39. The van der Waals surface area contributed by atoms with E-state index >= 15 is 0 Å². The second-order valence-corrected chi connectivity index (χ2v) is 10.1. The molecule has 1 saturated heterocycles. The van der Waals surface area contributed by atoms with Crippen LogP contribution in [0, 0.1) is 0 Å². The molecule has 0 bridgehead atoms. The van der Waals surface area contributed by atoms with Gasteiger partial charge in [-0.15, -0.1) is 0 Å². The Morgan fingerprint density at radius 1 is 0.925 bits per heavy atom. The summed E-state index contributed by atoms with van der Waals surface area (Å²) in [6, 6.07) is 21.2. The van der Waals surface area contributed by atoms with Crippen LogP contribution in [0.3, 0.4) is 0 Å². The molecular weight excluding hydrogens is 504 g/mol. The number of imidazole rings is 2. The Kier molecular flexibility index (Phi) is 6.77. The van der Waals surface area contributed by atoms with Crippen molar-refractivity contribution in [1.29, 1.82) is 0 Å². The number of benzene rings is 3. The van der Waals surface area contributed by atoms with Crippen LogP contribution in [-0.4, -0.2) is 56.5 Å². The molecule has 1 fully saturated rings. The van der Waals surface area contributed by atoms with Gasteiger partial charge in [-0.05, 0) is 59.4 Å². The molecule has 0 unspecified atom stereocenters. The fourth-order valence-electron chi connectivity index (χ4n) is 5.49. The van der Waals surface area contributed by atoms with Crippen molar-refractivity contribution in [2.75, 3.05) is 13.7 Å². The van der Waals surface area contributed by atoms with Crippen molar-refractivity contribution in [3.05, 3.63) is 85.2 Å². The fraction of sp³-hybridized carbons (Fsp3) is 0.226. The molecule has 2 amide bonds. The van der Waals surface area contributed by atoms with Crippen LogP contribution in [0.25, 0.3) is 44.4 Å². The average molecular weight is 535 g/mol. The van der Waals surface area contributed by atoms with Crippen LogP contribution < -0.4 is 5.32 Å². The van der Waals surface area contributed by atoms with Crippen LogP contribution in [0.2, 0.25) is 0 Å². The predicted molar refractivity (Wildman–Crippen MR) is 153 cm³/mol. The normalized spacial score (nSPS) is 16.8. The molecule has 40 heavy (non-hydrogen) atoms. The molecule has 2 atom stereocenters. The quantitative estimate of drug-likeness (QED) is 0.259. The van der Waals surface area contributed by atoms with Crippen molar-refractivity contribution in [2.45, 2.75) is 31.8 Å². The van der Waals surface area contributed by atoms with Crippen molar-refractivity contribution < 1.29 is 14.3 Å². The summed E-state index contributed by atoms with van der Waals surface area (Å²) in [6.45, 7) is 1.91. The first-order chi connectivity index (χ1) is 19.5. The lowest BCUT2D eigenvalue weighted by Gasteiger charge is -2.27. The number of carbonyl (C=O) groups excluding carboxylic acids is 2. The van der Waals surface area contributed by atoms with Crippen molar-refractivity contribution in [3.8, 4) is 33.6 Å². The Bertz CT molecular complexity index is 1660. The van der Waals surface area contributed by atoms with Crippen LogP contribution in [0.15, 0.2) is 79.4 Å². The van der Waals surface area contributed by atoms with Crippen molar-refractivity contribution in [2.24, 2.45) is 0 Å². The lowest BCUT2D eigenvalue weighted by atomic mass is 9.98. The number of alkyl carbamates (subject to hydrolysis) is 1. The van der Waals surface area contributed by atoms with Gasteiger partial charge in [0.25, 0.3) is 0 Å². The molecule has 3 heterocycles. The van der Waals surface area contributed by atoms with E-state index in [1.54, 1.807) is 11.2 Å². The molecule has 0 radical (unpaired) electrons. The minimum Gasteiger partial charge on any atom is -0.453 e. The summed E-state index contributed by atoms with van der Waals surface area (Å²) >= 11 is 0. The number of hydrogen-bond acceptors (Lipinski definition) is 5. The summed E-state index contributed by atoms with van der Waals surface area (Å²) in [5, 5.41) is 4.83. The number of fused-ring (bicyclic) bond motifs is 1. The molecule has 5 aromatic rings. The van der Waals surface area contributed by atoms with Gasteiger partial charge < -0.3 is 24.9 Å². The summed E-state index contributed by atoms with van der Waals surface area (Å²) in [4.78, 5) is 41.4. The van der Waals surface area contributed by atoms with Gasteiger partial charge >= 0.3 is 6.09 Å². The molecule has 9 nitrogen and oxygen atoms in total. The molecule has 9 heteroatoms. The third-order valence-corrected chi connectivity index (χ3v) is 7.62. The van der Waals surface area contributed by atoms with Gasteiger partial charge in [-0.2, -0.15) is 0 Å². The highest BCUT2D eigenvalue weighted by Crippen LogP contribution is 2.36. The van der Waals surface area contributed by atoms with E-state index in [2.05, 4.69) is 90.7 Å². The fourth-order valence-corrected chi connectivity index (χ4v) is 5.49. The standard InChI is InChI=1S/C31H30N6O3/c1-19-3-12-28(37(19)29(38)17-34-31(39)40-2)30-33-16-27(36-30)21-6-4-20(5-7-21)22-8-9-24-14-25(11-10-23(24)13-22)26-15-32-18-35-26/h4-11,13-16,18-19,28H,3,12,17H2,1-2H3,(H,32,35)(H,33,36)(H,34,39)/t19-,28-/m0/s1. The lowest BCUT2D eigenvalue weighted by Crippen LogP contribution is -2.43. The van der Waals surface area contributed by atoms with E-state index in [0.717, 1.165) is 52.3 Å². The van der Waals surface area contributed by atoms with E-state index < -0.39 is 6.09 Å². The number of hydrogen-bond donors (Lipinski definition) is 3. The number of H-pyrrole nitrogens is 2. The highest BCUT2D eigenvalue weighted by Gasteiger charge is 2.36. The van der Waals surface area contributed by atoms with Gasteiger partial charge in [0.15, 0.2) is 0 Å². The number of nitrogens with one attached hydrogen (secondary N) is 3. The highest BCUT2D eigenvalue weighted by molar-refractivity contribution is 5.90. The predicted octanol–water partition coefficient (Wildman–Crippen LogP) is 5.70. The maximum atomic E-state index is 12.9. The van der Waals surface area contributed by atoms with E-state index in [4.69, 9.17) is 0 Å². The second kappa shape index (κ2) is 10.7. The molecule has 3 aromatic carbocycles. The maximum Gasteiger partial charge on any atom is 0.407 e. The van der Waals surface area contributed by atoms with E-state index in [1.807, 2.05) is 19.3 Å². The molecule has 0 spiro atoms. The Balaban J connectivity index is 1.18. The van der Waals surface area contributed by atoms with Gasteiger partial charge in [0, 0.05) is 11.6 Å². The van der Waals surface area contributed by atoms with Crippen molar-refractivity contribution >= 4 is 22.8 Å². The number of rotatable bonds is 6. The Morgan fingerprint density at radius 3 is 2.35 bits per heavy atom. The molecule has 6 rings (SSSR count). The van der Waals surface area contributed by atoms with E-state index in [0.29, 0.717) is 0 Å². The number of aromatic nitrogens is 4. The first-order valence-corrected chi connectivity index (χ1v) is 13.3. The minimum absolute atomic E-state index is 0.0591. The molecule has 0 saturated carbocycles. The monoisotopic (exact) mass is 534 g/mol. The number of carbonyl (C=O) groups is 2. The van der Waals surface area contributed by atoms with Crippen LogP contribution in [0.5, 0.6) is 0 Å². The first-order valence-electron chi connectivity index (χ1n) is 13.3. The largest absolute Gasteiger partial charge is 0.453 e. The lowest BCUT2D eigenvalue weighted by molar-refractivity contribution is -0.133. The van der Waals surface area contributed by atoms with Crippen LogP contribution >= 0.6 is 0 Å². The second-order valence-electron chi connectivity index (χ2n) is 10.1. The molecule has 3 N–H and O–H groups in total. The zero-order valence-corrected chi connectivity index (χ0v) is 22.3. The van der Waals surface area contributed by atoms with Gasteiger partial charge in [-0.1, -0.05) is 48.5 Å². The smallest absolute Gasteiger partial charge is 0.407 e. The maximum absolute atomic E-state index is 12.9. The summed E-state index contributed by atoms with van der Waals surface area (Å²) < 4.78 is 4.58. The average Bonchev–Trinajstić information content (AvgIpc) is 3.77. The number of likely N-dealkylation sites (tertiary alicyclic amines) is 1. The van der Waals surface area contributed by atoms with Gasteiger partial charge in [-0.25, -0.2) is 14.8 Å². The number of nitrogens with zero attached hydrogens (tertiary/aromatic N) is 3. The van der Waals surface area contributed by atoms with Gasteiger partial charge in [-0.3, -0.25) is 4.79 Å². The molecule has 1 aliphatic rings. The summed E-state index contributed by atoms with van der Waals surface area (Å²) in [5.41, 5.74) is 6.30. The highest BCUT2D eigenvalue weighted by atomic mass is 16.5. The van der Waals surface area contributed by atoms with Gasteiger partial charge in [0.2, 0.25) is 5.91 Å². The molecule has 202 valence electrons. The van der Waals surface area contributed by atoms with Crippen molar-refractivity contribution in [3.63, 3.8) is 0 Å².